The summed E-state index contributed by atoms with van der Waals surface area (Å²) >= 11 is 0. The topological polar surface area (TPSA) is 64.6 Å². The van der Waals surface area contributed by atoms with Crippen molar-refractivity contribution in [2.45, 2.75) is 90.0 Å². The molecular weight excluding hydrogens is 522 g/mol. The lowest BCUT2D eigenvalue weighted by Crippen LogP contribution is -2.57. The molecule has 0 aliphatic heterocycles. The largest absolute Gasteiger partial charge is 0.449 e. The minimum atomic E-state index is -0.352. The first kappa shape index (κ1) is 28.5. The molecule has 3 aromatic rings. The van der Waals surface area contributed by atoms with Gasteiger partial charge in [0.05, 0.1) is 6.42 Å². The van der Waals surface area contributed by atoms with Gasteiger partial charge in [0.2, 0.25) is 0 Å². The van der Waals surface area contributed by atoms with Crippen molar-refractivity contribution in [2.24, 2.45) is 11.3 Å². The summed E-state index contributed by atoms with van der Waals surface area (Å²) in [5.41, 5.74) is 6.93. The minimum absolute atomic E-state index is 0.0293. The number of carbonyl (C=O) groups excluding carboxylic acids is 2. The van der Waals surface area contributed by atoms with Crippen LogP contribution >= 0.6 is 0 Å². The number of nitrogens with one attached hydrogen (secondary N) is 1. The Morgan fingerprint density at radius 2 is 1.62 bits per heavy atom. The van der Waals surface area contributed by atoms with Gasteiger partial charge in [-0.3, -0.25) is 4.79 Å². The van der Waals surface area contributed by atoms with Crippen molar-refractivity contribution in [3.8, 4) is 16.9 Å². The van der Waals surface area contributed by atoms with Crippen LogP contribution in [0.4, 0.5) is 4.79 Å². The number of alkyl carbamates (subject to hydrolysis) is 1. The van der Waals surface area contributed by atoms with Crippen molar-refractivity contribution in [3.63, 3.8) is 0 Å². The number of rotatable bonds is 5. The molecule has 0 saturated heterocycles. The zero-order valence-corrected chi connectivity index (χ0v) is 25.4. The van der Waals surface area contributed by atoms with E-state index in [0.717, 1.165) is 25.7 Å². The lowest BCUT2D eigenvalue weighted by molar-refractivity contribution is -0.136. The minimum Gasteiger partial charge on any atom is -0.449 e. The molecule has 220 valence electrons. The zero-order valence-electron chi connectivity index (χ0n) is 25.4. The summed E-state index contributed by atoms with van der Waals surface area (Å²) in [5, 5.41) is 3.36. The summed E-state index contributed by atoms with van der Waals surface area (Å²) in [7, 11) is 0. The highest BCUT2D eigenvalue weighted by Gasteiger charge is 2.47. The number of carbonyl (C=O) groups is 2. The zero-order chi connectivity index (χ0) is 29.5. The molecule has 5 nitrogen and oxygen atoms in total. The fourth-order valence-corrected chi connectivity index (χ4v) is 7.70. The average Bonchev–Trinajstić information content (AvgIpc) is 3.26. The molecule has 5 heteroatoms. The summed E-state index contributed by atoms with van der Waals surface area (Å²) in [5.74, 6) is 0.733. The summed E-state index contributed by atoms with van der Waals surface area (Å²) in [6.45, 7) is 8.69. The van der Waals surface area contributed by atoms with E-state index >= 15 is 0 Å². The van der Waals surface area contributed by atoms with Gasteiger partial charge in [0.25, 0.3) is 0 Å². The van der Waals surface area contributed by atoms with Gasteiger partial charge in [-0.05, 0) is 76.1 Å². The Hall–Kier alpha value is -3.60. The van der Waals surface area contributed by atoms with Gasteiger partial charge in [-0.25, -0.2) is 4.79 Å². The Morgan fingerprint density at radius 1 is 0.929 bits per heavy atom. The number of benzene rings is 3. The van der Waals surface area contributed by atoms with Crippen LogP contribution in [0.25, 0.3) is 11.1 Å². The number of ether oxygens (including phenoxy) is 2. The average molecular weight is 566 g/mol. The van der Waals surface area contributed by atoms with Gasteiger partial charge in [-0.2, -0.15) is 0 Å². The second kappa shape index (κ2) is 11.2. The quantitative estimate of drug-likeness (QED) is 0.250. The maximum atomic E-state index is 13.5. The van der Waals surface area contributed by atoms with Crippen LogP contribution in [0.5, 0.6) is 5.75 Å². The number of hydrogen-bond donors (Lipinski definition) is 1. The van der Waals surface area contributed by atoms with E-state index in [4.69, 9.17) is 9.47 Å². The van der Waals surface area contributed by atoms with Crippen LogP contribution < -0.4 is 10.1 Å². The van der Waals surface area contributed by atoms with Crippen LogP contribution in [-0.4, -0.2) is 24.7 Å². The van der Waals surface area contributed by atoms with Crippen molar-refractivity contribution < 1.29 is 19.1 Å². The Bertz CT molecular complexity index is 1440. The SMILES string of the molecule is CC(C)(C)CC(=O)Oc1ccc2c(c1)[C@@]1(C)CCCCC[C@@H](C2)[C@@H]1NC(=O)OCC1c2ccccc2-c2ccccc21. The van der Waals surface area contributed by atoms with Gasteiger partial charge in [0, 0.05) is 17.4 Å². The van der Waals surface area contributed by atoms with E-state index in [1.54, 1.807) is 0 Å². The Morgan fingerprint density at radius 3 is 2.31 bits per heavy atom. The molecule has 0 radical (unpaired) electrons. The first-order valence-electron chi connectivity index (χ1n) is 15.6. The standard InChI is InChI=1S/C37H43NO4/c1-36(2,3)22-33(39)42-26-18-17-24-20-25-12-6-5-11-19-37(4,32(24)21-26)34(25)38-35(40)41-23-31-29-15-9-7-13-27(29)28-14-8-10-16-30(28)31/h7-10,13-18,21,25,31,34H,5-6,11-12,19-20,22-23H2,1-4H3,(H,38,40)/t25-,34-,37+/m0/s1. The van der Waals surface area contributed by atoms with E-state index < -0.39 is 0 Å². The maximum Gasteiger partial charge on any atom is 0.407 e. The predicted molar refractivity (Wildman–Crippen MR) is 166 cm³/mol. The van der Waals surface area contributed by atoms with E-state index in [-0.39, 0.29) is 34.9 Å². The van der Waals surface area contributed by atoms with Crippen molar-refractivity contribution in [3.05, 3.63) is 89.0 Å². The summed E-state index contributed by atoms with van der Waals surface area (Å²) in [6.07, 6.45) is 6.40. The van der Waals surface area contributed by atoms with E-state index in [9.17, 15) is 9.59 Å². The van der Waals surface area contributed by atoms with Crippen molar-refractivity contribution in [2.75, 3.05) is 6.61 Å². The summed E-state index contributed by atoms with van der Waals surface area (Å²) in [6, 6.07) is 22.9. The second-order valence-electron chi connectivity index (χ2n) is 14.0. The van der Waals surface area contributed by atoms with Crippen LogP contribution in [0.15, 0.2) is 66.7 Å². The third-order valence-electron chi connectivity index (χ3n) is 9.63. The number of amides is 1. The highest BCUT2D eigenvalue weighted by molar-refractivity contribution is 5.79. The fraction of sp³-hybridized carbons (Fsp3) is 0.459. The van der Waals surface area contributed by atoms with E-state index in [1.807, 2.05) is 26.8 Å². The maximum absolute atomic E-state index is 13.5. The second-order valence-corrected chi connectivity index (χ2v) is 14.0. The third-order valence-corrected chi connectivity index (χ3v) is 9.63. The third kappa shape index (κ3) is 5.58. The molecular formula is C37H43NO4. The molecule has 3 aliphatic rings. The molecule has 1 amide bonds. The number of esters is 1. The fourth-order valence-electron chi connectivity index (χ4n) is 7.70. The molecule has 0 spiro atoms. The normalized spacial score (nSPS) is 23.0. The van der Waals surface area contributed by atoms with Gasteiger partial charge in [-0.15, -0.1) is 0 Å². The van der Waals surface area contributed by atoms with Gasteiger partial charge in [0.1, 0.15) is 12.4 Å². The van der Waals surface area contributed by atoms with Crippen LogP contribution in [0, 0.1) is 11.3 Å². The molecule has 0 unspecified atom stereocenters. The smallest absolute Gasteiger partial charge is 0.407 e. The van der Waals surface area contributed by atoms with Crippen molar-refractivity contribution >= 4 is 12.1 Å². The number of fused-ring (bicyclic) bond motifs is 7. The van der Waals surface area contributed by atoms with E-state index in [2.05, 4.69) is 72.9 Å². The lowest BCUT2D eigenvalue weighted by atomic mass is 9.59. The molecule has 1 fully saturated rings. The van der Waals surface area contributed by atoms with E-state index in [1.165, 1.54) is 46.2 Å². The molecule has 42 heavy (non-hydrogen) atoms. The van der Waals surface area contributed by atoms with Gasteiger partial charge >= 0.3 is 12.1 Å². The number of hydrogen-bond acceptors (Lipinski definition) is 4. The molecule has 0 aromatic heterocycles. The van der Waals surface area contributed by atoms with Crippen LogP contribution in [0.2, 0.25) is 0 Å². The predicted octanol–water partition coefficient (Wildman–Crippen LogP) is 8.33. The summed E-state index contributed by atoms with van der Waals surface area (Å²) in [4.78, 5) is 26.2. The molecule has 1 N–H and O–H groups in total. The lowest BCUT2D eigenvalue weighted by Gasteiger charge is -2.49. The monoisotopic (exact) mass is 565 g/mol. The van der Waals surface area contributed by atoms with Crippen LogP contribution in [0.3, 0.4) is 0 Å². The van der Waals surface area contributed by atoms with Crippen molar-refractivity contribution in [1.82, 2.24) is 5.32 Å². The molecule has 3 aromatic carbocycles. The first-order chi connectivity index (χ1) is 20.1. The van der Waals surface area contributed by atoms with Crippen LogP contribution in [-0.2, 0) is 21.4 Å². The molecule has 6 rings (SSSR count). The highest BCUT2D eigenvalue weighted by atomic mass is 16.5. The van der Waals surface area contributed by atoms with Crippen molar-refractivity contribution in [1.29, 1.82) is 0 Å². The van der Waals surface area contributed by atoms with Gasteiger partial charge in [0.15, 0.2) is 0 Å². The molecule has 3 aliphatic carbocycles. The molecule has 3 atom stereocenters. The Kier molecular flexibility index (Phi) is 7.63. The molecule has 0 heterocycles. The van der Waals surface area contributed by atoms with E-state index in [0.29, 0.717) is 24.7 Å². The first-order valence-corrected chi connectivity index (χ1v) is 15.6. The summed E-state index contributed by atoms with van der Waals surface area (Å²) < 4.78 is 11.8. The Labute approximate surface area is 250 Å². The van der Waals surface area contributed by atoms with Gasteiger partial charge < -0.3 is 14.8 Å². The van der Waals surface area contributed by atoms with Crippen LogP contribution in [0.1, 0.15) is 94.4 Å². The molecule has 1 saturated carbocycles. The van der Waals surface area contributed by atoms with Gasteiger partial charge in [-0.1, -0.05) is 102 Å². The molecule has 2 bridgehead atoms. The Balaban J connectivity index is 1.22. The highest BCUT2D eigenvalue weighted by Crippen LogP contribution is 2.48.